The highest BCUT2D eigenvalue weighted by molar-refractivity contribution is 7.13. The predicted octanol–water partition coefficient (Wildman–Crippen LogP) is 5.63. The molecule has 3 aliphatic heterocycles. The minimum atomic E-state index is -1.26. The van der Waals surface area contributed by atoms with Crippen LogP contribution in [0.1, 0.15) is 88.3 Å². The number of nitrogens with one attached hydrogen (secondary N) is 3. The Balaban J connectivity index is 1.04. The summed E-state index contributed by atoms with van der Waals surface area (Å²) in [6.07, 6.45) is 6.18. The molecule has 5 heterocycles. The first-order chi connectivity index (χ1) is 21.7. The van der Waals surface area contributed by atoms with Crippen molar-refractivity contribution in [2.24, 2.45) is 17.8 Å². The van der Waals surface area contributed by atoms with E-state index in [-0.39, 0.29) is 36.0 Å². The molecule has 3 N–H and O–H groups in total. The van der Waals surface area contributed by atoms with Crippen molar-refractivity contribution in [3.8, 4) is 10.4 Å². The molecule has 0 saturated carbocycles. The molecule has 9 nitrogen and oxygen atoms in total. The Labute approximate surface area is 270 Å². The van der Waals surface area contributed by atoms with Gasteiger partial charge in [-0.25, -0.2) is 4.98 Å². The van der Waals surface area contributed by atoms with Crippen LogP contribution in [0.15, 0.2) is 40.4 Å². The van der Waals surface area contributed by atoms with E-state index in [1.165, 1.54) is 25.7 Å². The second-order valence-corrected chi connectivity index (χ2v) is 14.5. The number of piperidine rings is 1. The molecule has 45 heavy (non-hydrogen) atoms. The molecule has 3 aliphatic rings. The third-order valence-electron chi connectivity index (χ3n) is 10.5. The van der Waals surface area contributed by atoms with Gasteiger partial charge in [0.15, 0.2) is 17.1 Å². The molecule has 4 atom stereocenters. The van der Waals surface area contributed by atoms with E-state index in [9.17, 15) is 9.59 Å². The zero-order valence-electron chi connectivity index (χ0n) is 27.1. The number of amides is 1. The summed E-state index contributed by atoms with van der Waals surface area (Å²) >= 11 is 1.62. The predicted molar refractivity (Wildman–Crippen MR) is 178 cm³/mol. The molecule has 3 aromatic rings. The van der Waals surface area contributed by atoms with Gasteiger partial charge < -0.3 is 20.1 Å². The van der Waals surface area contributed by atoms with E-state index in [2.05, 4.69) is 43.1 Å². The molecule has 3 fully saturated rings. The number of rotatable bonds is 12. The lowest BCUT2D eigenvalue weighted by Gasteiger charge is -2.40. The molecule has 0 aliphatic carbocycles. The van der Waals surface area contributed by atoms with Gasteiger partial charge in [0.05, 0.1) is 22.1 Å². The van der Waals surface area contributed by atoms with Gasteiger partial charge >= 0.3 is 0 Å². The number of Topliss-reactive ketones (excluding diaryl/α,β-unsaturated/α-hetero) is 1. The van der Waals surface area contributed by atoms with Gasteiger partial charge in [-0.1, -0.05) is 43.3 Å². The fourth-order valence-electron chi connectivity index (χ4n) is 7.36. The van der Waals surface area contributed by atoms with Crippen LogP contribution in [0.3, 0.4) is 0 Å². The van der Waals surface area contributed by atoms with E-state index in [0.717, 1.165) is 72.0 Å². The molecule has 0 radical (unpaired) electrons. The number of carbonyl (C=O) groups excluding carboxylic acids is 2. The molecule has 10 heteroatoms. The maximum absolute atomic E-state index is 14.0. The Morgan fingerprint density at radius 1 is 1.09 bits per heavy atom. The van der Waals surface area contributed by atoms with E-state index in [4.69, 9.17) is 4.52 Å². The highest BCUT2D eigenvalue weighted by Gasteiger charge is 2.53. The highest BCUT2D eigenvalue weighted by Crippen LogP contribution is 2.35. The maximum atomic E-state index is 14.0. The van der Waals surface area contributed by atoms with Gasteiger partial charge in [0.2, 0.25) is 5.91 Å². The Bertz CT molecular complexity index is 1460. The third-order valence-corrected chi connectivity index (χ3v) is 11.5. The quantitative estimate of drug-likeness (QED) is 0.220. The number of ketones is 1. The molecule has 1 aromatic carbocycles. The fourth-order valence-corrected chi connectivity index (χ4v) is 8.17. The number of benzene rings is 1. The summed E-state index contributed by atoms with van der Waals surface area (Å²) in [5.41, 5.74) is 3.71. The molecular formula is C35H48N6O3S. The van der Waals surface area contributed by atoms with Crippen LogP contribution in [0.5, 0.6) is 0 Å². The Morgan fingerprint density at radius 3 is 2.49 bits per heavy atom. The van der Waals surface area contributed by atoms with Crippen LogP contribution in [-0.2, 0) is 9.59 Å². The summed E-state index contributed by atoms with van der Waals surface area (Å²) in [5.74, 6) is 2.48. The summed E-state index contributed by atoms with van der Waals surface area (Å²) < 4.78 is 5.75. The van der Waals surface area contributed by atoms with Gasteiger partial charge in [0, 0.05) is 31.5 Å². The Morgan fingerprint density at radius 2 is 1.82 bits per heavy atom. The van der Waals surface area contributed by atoms with Gasteiger partial charge in [-0.2, -0.15) is 0 Å². The SMILES string of the molecule is Cc1ncsc1-c1ccc([C@H](C)NC(=O)[C@@]2(C(=O)CC(C)c3cc(N4CC(CCC5CCNCC5)C4)no3)NCCC2C)cc1. The number of thiazole rings is 1. The minimum Gasteiger partial charge on any atom is -0.359 e. The third kappa shape index (κ3) is 6.74. The summed E-state index contributed by atoms with van der Waals surface area (Å²) in [7, 11) is 0. The van der Waals surface area contributed by atoms with Crippen LogP contribution in [-0.4, -0.2) is 60.1 Å². The van der Waals surface area contributed by atoms with Crippen LogP contribution in [0.25, 0.3) is 10.4 Å². The van der Waals surface area contributed by atoms with Gasteiger partial charge in [-0.05, 0) is 94.5 Å². The van der Waals surface area contributed by atoms with Crippen LogP contribution in [0.2, 0.25) is 0 Å². The van der Waals surface area contributed by atoms with Crippen molar-refractivity contribution in [2.45, 2.75) is 83.7 Å². The second-order valence-electron chi connectivity index (χ2n) is 13.7. The number of aromatic nitrogens is 2. The number of carbonyl (C=O) groups is 2. The number of anilines is 1. The van der Waals surface area contributed by atoms with Crippen molar-refractivity contribution >= 4 is 28.8 Å². The van der Waals surface area contributed by atoms with E-state index in [1.54, 1.807) is 11.3 Å². The minimum absolute atomic E-state index is 0.0967. The Kier molecular flexibility index (Phi) is 9.73. The summed E-state index contributed by atoms with van der Waals surface area (Å²) in [4.78, 5) is 35.7. The van der Waals surface area contributed by atoms with Crippen LogP contribution >= 0.6 is 11.3 Å². The largest absolute Gasteiger partial charge is 0.359 e. The first-order valence-electron chi connectivity index (χ1n) is 16.8. The first kappa shape index (κ1) is 31.9. The number of nitrogens with zero attached hydrogens (tertiary/aromatic N) is 3. The van der Waals surface area contributed by atoms with Crippen molar-refractivity contribution in [1.29, 1.82) is 0 Å². The molecule has 6 rings (SSSR count). The van der Waals surface area contributed by atoms with Crippen LogP contribution < -0.4 is 20.9 Å². The summed E-state index contributed by atoms with van der Waals surface area (Å²) in [6, 6.07) is 9.95. The monoisotopic (exact) mass is 632 g/mol. The smallest absolute Gasteiger partial charge is 0.248 e. The number of hydrogen-bond donors (Lipinski definition) is 3. The molecule has 0 bridgehead atoms. The van der Waals surface area contributed by atoms with Crippen molar-refractivity contribution in [2.75, 3.05) is 37.6 Å². The van der Waals surface area contributed by atoms with Crippen molar-refractivity contribution in [1.82, 2.24) is 26.1 Å². The van der Waals surface area contributed by atoms with Gasteiger partial charge in [0.1, 0.15) is 5.76 Å². The fraction of sp³-hybridized carbons (Fsp3) is 0.600. The van der Waals surface area contributed by atoms with Crippen molar-refractivity contribution < 1.29 is 14.1 Å². The lowest BCUT2D eigenvalue weighted by Crippen LogP contribution is -2.62. The second kappa shape index (κ2) is 13.7. The van der Waals surface area contributed by atoms with Gasteiger partial charge in [0.25, 0.3) is 0 Å². The molecular weight excluding hydrogens is 584 g/mol. The standard InChI is InChI=1S/C35H48N6O3S/c1-22(30-18-32(40-44-30)41-19-27(20-41)6-5-26-12-14-36-15-13-26)17-31(42)35(23(2)11-16-38-35)34(43)39-24(3)28-7-9-29(10-8-28)33-25(4)37-21-45-33/h7-10,18,21-24,26-27,36,38H,5-6,11-17,19-20H2,1-4H3,(H,39,43)/t22?,23?,24-,35+/m0/s1. The topological polar surface area (TPSA) is 112 Å². The summed E-state index contributed by atoms with van der Waals surface area (Å²) in [5, 5.41) is 14.3. The van der Waals surface area contributed by atoms with Gasteiger partial charge in [-0.3, -0.25) is 14.9 Å². The van der Waals surface area contributed by atoms with Crippen molar-refractivity contribution in [3.05, 3.63) is 52.9 Å². The van der Waals surface area contributed by atoms with Gasteiger partial charge in [-0.15, -0.1) is 11.3 Å². The average molecular weight is 633 g/mol. The average Bonchev–Trinajstić information content (AvgIpc) is 3.77. The molecule has 3 saturated heterocycles. The van der Waals surface area contributed by atoms with E-state index >= 15 is 0 Å². The molecule has 2 unspecified atom stereocenters. The normalized spacial score (nSPS) is 23.9. The van der Waals surface area contributed by atoms with Crippen LogP contribution in [0, 0.1) is 24.7 Å². The summed E-state index contributed by atoms with van der Waals surface area (Å²) in [6.45, 7) is 12.9. The first-order valence-corrected chi connectivity index (χ1v) is 17.6. The highest BCUT2D eigenvalue weighted by atomic mass is 32.1. The number of aryl methyl sites for hydroxylation is 1. The molecule has 1 amide bonds. The Hall–Kier alpha value is -3.08. The zero-order chi connectivity index (χ0) is 31.6. The molecule has 0 spiro atoms. The van der Waals surface area contributed by atoms with E-state index in [1.807, 2.05) is 51.4 Å². The molecule has 242 valence electrons. The van der Waals surface area contributed by atoms with Crippen molar-refractivity contribution in [3.63, 3.8) is 0 Å². The van der Waals surface area contributed by atoms with Crippen LogP contribution in [0.4, 0.5) is 5.82 Å². The molecule has 2 aromatic heterocycles. The van der Waals surface area contributed by atoms with E-state index in [0.29, 0.717) is 12.3 Å². The van der Waals surface area contributed by atoms with E-state index < -0.39 is 5.54 Å². The maximum Gasteiger partial charge on any atom is 0.248 e. The zero-order valence-corrected chi connectivity index (χ0v) is 27.9. The lowest BCUT2D eigenvalue weighted by atomic mass is 9.78. The lowest BCUT2D eigenvalue weighted by molar-refractivity contribution is -0.139. The number of hydrogen-bond acceptors (Lipinski definition) is 9.